The van der Waals surface area contributed by atoms with Gasteiger partial charge < -0.3 is 34.2 Å². The fourth-order valence-electron chi connectivity index (χ4n) is 9.53. The molecule has 18 heteroatoms. The molecule has 0 amide bonds. The molecule has 0 aromatic rings. The summed E-state index contributed by atoms with van der Waals surface area (Å²) in [7, 11) is -9.77. The summed E-state index contributed by atoms with van der Waals surface area (Å²) in [4.78, 5) is 58.3. The molecule has 0 rings (SSSR count). The van der Waals surface area contributed by atoms with Crippen molar-refractivity contribution in [3.8, 4) is 0 Å². The van der Waals surface area contributed by atoms with E-state index < -0.39 is 91.5 Å². The van der Waals surface area contributed by atoms with Gasteiger partial charge in [0.25, 0.3) is 0 Å². The van der Waals surface area contributed by atoms with E-state index in [9.17, 15) is 43.5 Å². The minimum atomic E-state index is -4.92. The monoisotopic (exact) mass is 1350 g/mol. The molecule has 0 radical (unpaired) electrons. The third-order valence-electron chi connectivity index (χ3n) is 15.0. The average molecular weight is 1350 g/mol. The molecule has 0 spiro atoms. The highest BCUT2D eigenvalue weighted by Gasteiger charge is 2.29. The third-order valence-corrected chi connectivity index (χ3v) is 16.9. The lowest BCUT2D eigenvalue weighted by atomic mass is 10.0. The van der Waals surface area contributed by atoms with Crippen molar-refractivity contribution in [2.45, 2.75) is 309 Å². The van der Waals surface area contributed by atoms with Crippen molar-refractivity contribution in [2.24, 2.45) is 0 Å². The number of phosphoric acid groups is 2. The molecule has 93 heavy (non-hydrogen) atoms. The number of phosphoric ester groups is 2. The van der Waals surface area contributed by atoms with Crippen LogP contribution in [0.3, 0.4) is 0 Å². The topological polar surface area (TPSA) is 231 Å². The van der Waals surface area contributed by atoms with Crippen LogP contribution in [0, 0.1) is 0 Å². The Labute approximate surface area is 564 Å². The fraction of sp³-hybridized carbons (Fsp3) is 0.720. The van der Waals surface area contributed by atoms with Gasteiger partial charge in [-0.3, -0.25) is 32.5 Å². The summed E-state index contributed by atoms with van der Waals surface area (Å²) in [5.74, 6) is -1.59. The van der Waals surface area contributed by atoms with Gasteiger partial charge in [-0.25, -0.2) is 9.13 Å². The molecule has 0 saturated carbocycles. The van der Waals surface area contributed by atoms with Crippen LogP contribution in [0.25, 0.3) is 0 Å². The number of aliphatic hydroxyl groups excluding tert-OH is 2. The molecule has 0 aliphatic carbocycles. The van der Waals surface area contributed by atoms with Gasteiger partial charge in [-0.05, 0) is 103 Å². The van der Waals surface area contributed by atoms with Crippen LogP contribution in [0.15, 0.2) is 109 Å². The van der Waals surface area contributed by atoms with Crippen molar-refractivity contribution in [1.29, 1.82) is 0 Å². The molecule has 0 aromatic carbocycles. The van der Waals surface area contributed by atoms with Gasteiger partial charge in [0.15, 0.2) is 6.10 Å². The summed E-state index contributed by atoms with van der Waals surface area (Å²) in [6, 6.07) is 0. The predicted molar refractivity (Wildman–Crippen MR) is 380 cm³/mol. The van der Waals surface area contributed by atoms with E-state index >= 15 is 0 Å². The number of carbonyl (C=O) groups is 3. The Morgan fingerprint density at radius 2 is 0.570 bits per heavy atom. The maximum absolute atomic E-state index is 12.9. The molecule has 0 saturated heterocycles. The van der Waals surface area contributed by atoms with Crippen molar-refractivity contribution in [2.75, 3.05) is 39.6 Å². The first-order chi connectivity index (χ1) is 45.2. The molecule has 0 heterocycles. The van der Waals surface area contributed by atoms with Gasteiger partial charge >= 0.3 is 33.6 Å². The van der Waals surface area contributed by atoms with Gasteiger partial charge in [0.05, 0.1) is 26.4 Å². The van der Waals surface area contributed by atoms with Crippen LogP contribution in [0.1, 0.15) is 290 Å². The molecular formula is C75H130O16P2. The van der Waals surface area contributed by atoms with E-state index in [2.05, 4.69) is 130 Å². The third kappa shape index (κ3) is 69.4. The van der Waals surface area contributed by atoms with E-state index in [-0.39, 0.29) is 19.3 Å². The van der Waals surface area contributed by atoms with Gasteiger partial charge in [0.1, 0.15) is 25.4 Å². The number of allylic oxidation sites excluding steroid dienone is 18. The van der Waals surface area contributed by atoms with Crippen molar-refractivity contribution in [3.63, 3.8) is 0 Å². The van der Waals surface area contributed by atoms with E-state index in [1.54, 1.807) is 0 Å². The first kappa shape index (κ1) is 89.2. The number of rotatable bonds is 68. The quantitative estimate of drug-likeness (QED) is 0.0146. The Balaban J connectivity index is 4.39. The normalized spacial score (nSPS) is 14.8. The molecule has 0 fully saturated rings. The summed E-state index contributed by atoms with van der Waals surface area (Å²) in [6.07, 6.45) is 77.3. The molecule has 0 aliphatic rings. The second kappa shape index (κ2) is 68.2. The number of aliphatic hydroxyl groups is 2. The van der Waals surface area contributed by atoms with Crippen molar-refractivity contribution in [1.82, 2.24) is 0 Å². The van der Waals surface area contributed by atoms with Gasteiger partial charge in [-0.2, -0.15) is 0 Å². The number of esters is 3. The van der Waals surface area contributed by atoms with Gasteiger partial charge in [0.2, 0.25) is 0 Å². The molecule has 0 aromatic heterocycles. The molecule has 536 valence electrons. The number of unbranched alkanes of at least 4 members (excludes halogenated alkanes) is 27. The maximum atomic E-state index is 12.9. The van der Waals surface area contributed by atoms with Gasteiger partial charge in [0, 0.05) is 19.3 Å². The Hall–Kier alpha value is -3.79. The lowest BCUT2D eigenvalue weighted by Gasteiger charge is -2.21. The molecule has 4 N–H and O–H groups in total. The van der Waals surface area contributed by atoms with E-state index in [1.807, 2.05) is 0 Å². The maximum Gasteiger partial charge on any atom is 0.472 e. The highest BCUT2D eigenvalue weighted by atomic mass is 31.2. The Morgan fingerprint density at radius 3 is 0.903 bits per heavy atom. The molecule has 0 aliphatic heterocycles. The molecule has 5 atom stereocenters. The van der Waals surface area contributed by atoms with Gasteiger partial charge in [-0.1, -0.05) is 278 Å². The van der Waals surface area contributed by atoms with Crippen molar-refractivity contribution in [3.05, 3.63) is 109 Å². The largest absolute Gasteiger partial charge is 0.472 e. The lowest BCUT2D eigenvalue weighted by Crippen LogP contribution is -2.30. The predicted octanol–water partition coefficient (Wildman–Crippen LogP) is 20.4. The zero-order valence-electron chi connectivity index (χ0n) is 58.1. The SMILES string of the molecule is CC/C=C\C/C=C\C/C=C\C/C=C\C/C=C\C/C=C\CCCCCCCCCCCCCCC(=O)OCC(O)COP(=O)(O)OCC(O)COP(=O)(O)OCC(COC(=O)CCCCCCC/C=C\C/C=C\C/C=C\CC)OC(=O)CCCCCCCCCCCCC. The van der Waals surface area contributed by atoms with Crippen LogP contribution in [0.5, 0.6) is 0 Å². The summed E-state index contributed by atoms with van der Waals surface area (Å²) in [5, 5.41) is 20.6. The fourth-order valence-corrected chi connectivity index (χ4v) is 11.1. The first-order valence-corrected chi connectivity index (χ1v) is 39.2. The van der Waals surface area contributed by atoms with Crippen LogP contribution in [0.4, 0.5) is 0 Å². The van der Waals surface area contributed by atoms with E-state index in [0.29, 0.717) is 19.3 Å². The highest BCUT2D eigenvalue weighted by Crippen LogP contribution is 2.45. The Kier molecular flexibility index (Phi) is 65.4. The zero-order chi connectivity index (χ0) is 68.1. The van der Waals surface area contributed by atoms with Crippen molar-refractivity contribution >= 4 is 33.6 Å². The summed E-state index contributed by atoms with van der Waals surface area (Å²) >= 11 is 0. The Morgan fingerprint density at radius 1 is 0.312 bits per heavy atom. The highest BCUT2D eigenvalue weighted by molar-refractivity contribution is 7.47. The second-order valence-electron chi connectivity index (χ2n) is 24.0. The Bertz CT molecular complexity index is 2130. The number of carbonyl (C=O) groups excluding carboxylic acids is 3. The number of ether oxygens (including phenoxy) is 3. The summed E-state index contributed by atoms with van der Waals surface area (Å²) in [6.45, 7) is 2.42. The van der Waals surface area contributed by atoms with Crippen molar-refractivity contribution < 1.29 is 75.8 Å². The number of hydrogen-bond acceptors (Lipinski definition) is 14. The van der Waals surface area contributed by atoms with Crippen LogP contribution in [0.2, 0.25) is 0 Å². The first-order valence-electron chi connectivity index (χ1n) is 36.2. The van der Waals surface area contributed by atoms with E-state index in [1.165, 1.54) is 89.9 Å². The molecule has 16 nitrogen and oxygen atoms in total. The lowest BCUT2D eigenvalue weighted by molar-refractivity contribution is -0.161. The molecule has 0 bridgehead atoms. The zero-order valence-corrected chi connectivity index (χ0v) is 59.9. The standard InChI is InChI=1S/C75H130O16P2/c1-4-7-10-13-16-19-22-24-26-27-28-29-30-31-32-33-34-35-36-37-38-39-40-41-43-45-47-49-52-55-58-61-73(78)85-64-70(76)65-87-92(81,82)88-66-71(77)67-89-93(83,84)90-69-72(91-75(80)63-60-57-54-51-46-21-18-15-12-9-6-3)68-86-74(79)62-59-56-53-50-48-44-42-25-23-20-17-14-11-8-5-2/h7-8,10-11,16-17,19-20,24-26,28-29,31-32,34-35,42,70-72,76-77H,4-6,9,12-15,18,21-23,27,30,33,36-41,43-69H2,1-3H3,(H,81,82)(H,83,84)/b10-7-,11-8-,19-16-,20-17-,26-24-,29-28-,32-31-,35-34-,42-25-. The molecular weight excluding hydrogens is 1220 g/mol. The average Bonchev–Trinajstić information content (AvgIpc) is 2.38. The minimum Gasteiger partial charge on any atom is -0.463 e. The minimum absolute atomic E-state index is 0.103. The van der Waals surface area contributed by atoms with E-state index in [4.69, 9.17) is 32.3 Å². The van der Waals surface area contributed by atoms with E-state index in [0.717, 1.165) is 141 Å². The summed E-state index contributed by atoms with van der Waals surface area (Å²) < 4.78 is 60.8. The second-order valence-corrected chi connectivity index (χ2v) is 26.9. The smallest absolute Gasteiger partial charge is 0.463 e. The van der Waals surface area contributed by atoms with Crippen LogP contribution in [-0.2, 0) is 55.8 Å². The molecule has 5 unspecified atom stereocenters. The van der Waals surface area contributed by atoms with Crippen LogP contribution in [-0.4, -0.2) is 95.9 Å². The van der Waals surface area contributed by atoms with Gasteiger partial charge in [-0.15, -0.1) is 0 Å². The summed E-state index contributed by atoms with van der Waals surface area (Å²) in [5.41, 5.74) is 0. The van der Waals surface area contributed by atoms with Crippen LogP contribution >= 0.6 is 15.6 Å². The number of hydrogen-bond donors (Lipinski definition) is 4. The van der Waals surface area contributed by atoms with Crippen LogP contribution < -0.4 is 0 Å².